The largest absolute Gasteiger partial charge is 0.493 e. The number of benzene rings is 2. The molecule has 0 bridgehead atoms. The van der Waals surface area contributed by atoms with Crippen LogP contribution in [0.5, 0.6) is 11.5 Å². The number of ether oxygens (including phenoxy) is 3. The summed E-state index contributed by atoms with van der Waals surface area (Å²) in [6, 6.07) is 11.1. The predicted octanol–water partition coefficient (Wildman–Crippen LogP) is 3.09. The Balaban J connectivity index is 1.96. The van der Waals surface area contributed by atoms with Crippen LogP contribution in [-0.2, 0) is 9.53 Å². The minimum Gasteiger partial charge on any atom is -0.493 e. The first-order valence-corrected chi connectivity index (χ1v) is 8.40. The van der Waals surface area contributed by atoms with Crippen molar-refractivity contribution < 1.29 is 28.6 Å². The zero-order valence-electron chi connectivity index (χ0n) is 15.2. The molecular weight excluding hydrogens is 350 g/mol. The Bertz CT molecular complexity index is 801. The number of rotatable bonds is 9. The van der Waals surface area contributed by atoms with Gasteiger partial charge in [0.05, 0.1) is 24.8 Å². The molecule has 0 saturated heterocycles. The van der Waals surface area contributed by atoms with Crippen LogP contribution in [0.3, 0.4) is 0 Å². The summed E-state index contributed by atoms with van der Waals surface area (Å²) >= 11 is 0. The highest BCUT2D eigenvalue weighted by Crippen LogP contribution is 2.24. The first-order chi connectivity index (χ1) is 13.1. The maximum absolute atomic E-state index is 12.1. The highest BCUT2D eigenvalue weighted by molar-refractivity contribution is 5.93. The molecule has 7 nitrogen and oxygen atoms in total. The quantitative estimate of drug-likeness (QED) is 0.538. The Kier molecular flexibility index (Phi) is 7.37. The number of carbonyl (C=O) groups is 3. The van der Waals surface area contributed by atoms with Crippen molar-refractivity contribution in [2.24, 2.45) is 0 Å². The van der Waals surface area contributed by atoms with Gasteiger partial charge in [-0.1, -0.05) is 6.92 Å². The van der Waals surface area contributed by atoms with Gasteiger partial charge in [-0.2, -0.15) is 0 Å². The van der Waals surface area contributed by atoms with E-state index in [1.165, 1.54) is 7.11 Å². The fourth-order valence-electron chi connectivity index (χ4n) is 2.19. The van der Waals surface area contributed by atoms with Crippen molar-refractivity contribution in [1.29, 1.82) is 0 Å². The van der Waals surface area contributed by atoms with E-state index < -0.39 is 11.9 Å². The number of esters is 1. The second-order valence-corrected chi connectivity index (χ2v) is 5.57. The normalized spacial score (nSPS) is 10.0. The fraction of sp³-hybridized carbons (Fsp3) is 0.250. The van der Waals surface area contributed by atoms with Gasteiger partial charge in [-0.05, 0) is 42.8 Å². The first-order valence-electron chi connectivity index (χ1n) is 8.40. The van der Waals surface area contributed by atoms with E-state index in [-0.39, 0.29) is 12.4 Å². The number of methoxy groups -OCH3 is 1. The molecule has 27 heavy (non-hydrogen) atoms. The lowest BCUT2D eigenvalue weighted by Gasteiger charge is -2.11. The SMILES string of the molecule is CCCOc1ccc(C=O)c(OCC(=O)Nc2ccc(C(=O)OC)cc2)c1. The number of hydrogen-bond acceptors (Lipinski definition) is 6. The van der Waals surface area contributed by atoms with Gasteiger partial charge in [0.2, 0.25) is 0 Å². The van der Waals surface area contributed by atoms with Crippen LogP contribution in [-0.4, -0.2) is 38.5 Å². The number of carbonyl (C=O) groups excluding carboxylic acids is 3. The highest BCUT2D eigenvalue weighted by Gasteiger charge is 2.10. The van der Waals surface area contributed by atoms with E-state index in [0.717, 1.165) is 6.42 Å². The molecule has 142 valence electrons. The molecule has 2 aromatic carbocycles. The van der Waals surface area contributed by atoms with Gasteiger partial charge >= 0.3 is 5.97 Å². The molecular formula is C20H21NO6. The lowest BCUT2D eigenvalue weighted by molar-refractivity contribution is -0.118. The van der Waals surface area contributed by atoms with Gasteiger partial charge in [0.1, 0.15) is 11.5 Å². The molecule has 0 aliphatic rings. The second kappa shape index (κ2) is 9.96. The van der Waals surface area contributed by atoms with Crippen LogP contribution >= 0.6 is 0 Å². The summed E-state index contributed by atoms with van der Waals surface area (Å²) in [5, 5.41) is 2.65. The standard InChI is InChI=1S/C20H21NO6/c1-3-10-26-17-9-6-15(12-22)18(11-17)27-13-19(23)21-16-7-4-14(5-8-16)20(24)25-2/h4-9,11-12H,3,10,13H2,1-2H3,(H,21,23). The van der Waals surface area contributed by atoms with Crippen molar-refractivity contribution in [1.82, 2.24) is 0 Å². The molecule has 0 aliphatic heterocycles. The molecule has 0 heterocycles. The Labute approximate surface area is 157 Å². The minimum absolute atomic E-state index is 0.273. The van der Waals surface area contributed by atoms with Gasteiger partial charge in [0.25, 0.3) is 5.91 Å². The molecule has 0 spiro atoms. The van der Waals surface area contributed by atoms with Gasteiger partial charge in [0, 0.05) is 11.8 Å². The van der Waals surface area contributed by atoms with Crippen molar-refractivity contribution in [3.05, 3.63) is 53.6 Å². The van der Waals surface area contributed by atoms with E-state index in [1.54, 1.807) is 42.5 Å². The van der Waals surface area contributed by atoms with Crippen LogP contribution in [0, 0.1) is 0 Å². The van der Waals surface area contributed by atoms with E-state index >= 15 is 0 Å². The lowest BCUT2D eigenvalue weighted by Crippen LogP contribution is -2.20. The van der Waals surface area contributed by atoms with E-state index in [0.29, 0.717) is 35.5 Å². The third-order valence-electron chi connectivity index (χ3n) is 3.53. The van der Waals surface area contributed by atoms with Gasteiger partial charge in [0.15, 0.2) is 12.9 Å². The lowest BCUT2D eigenvalue weighted by atomic mass is 10.2. The van der Waals surface area contributed by atoms with Crippen LogP contribution in [0.15, 0.2) is 42.5 Å². The zero-order chi connectivity index (χ0) is 19.6. The first kappa shape index (κ1) is 20.0. The number of hydrogen-bond donors (Lipinski definition) is 1. The van der Waals surface area contributed by atoms with Crippen LogP contribution in [0.1, 0.15) is 34.1 Å². The second-order valence-electron chi connectivity index (χ2n) is 5.57. The highest BCUT2D eigenvalue weighted by atomic mass is 16.5. The van der Waals surface area contributed by atoms with E-state index in [9.17, 15) is 14.4 Å². The maximum atomic E-state index is 12.1. The van der Waals surface area contributed by atoms with E-state index in [1.807, 2.05) is 6.92 Å². The summed E-state index contributed by atoms with van der Waals surface area (Å²) in [6.45, 7) is 2.25. The summed E-state index contributed by atoms with van der Waals surface area (Å²) in [7, 11) is 1.30. The van der Waals surface area contributed by atoms with Crippen molar-refractivity contribution >= 4 is 23.9 Å². The molecule has 0 atom stereocenters. The van der Waals surface area contributed by atoms with Gasteiger partial charge < -0.3 is 19.5 Å². The molecule has 0 aliphatic carbocycles. The Morgan fingerprint density at radius 1 is 1.07 bits per heavy atom. The average molecular weight is 371 g/mol. The molecule has 7 heteroatoms. The Morgan fingerprint density at radius 3 is 2.44 bits per heavy atom. The number of aldehydes is 1. The Morgan fingerprint density at radius 2 is 1.81 bits per heavy atom. The molecule has 0 fully saturated rings. The predicted molar refractivity (Wildman–Crippen MR) is 99.5 cm³/mol. The summed E-state index contributed by atoms with van der Waals surface area (Å²) < 4.78 is 15.6. The van der Waals surface area contributed by atoms with Gasteiger partial charge in [-0.25, -0.2) is 4.79 Å². The van der Waals surface area contributed by atoms with E-state index in [4.69, 9.17) is 9.47 Å². The summed E-state index contributed by atoms with van der Waals surface area (Å²) in [4.78, 5) is 34.6. The molecule has 1 N–H and O–H groups in total. The van der Waals surface area contributed by atoms with E-state index in [2.05, 4.69) is 10.1 Å². The molecule has 0 saturated carbocycles. The van der Waals surface area contributed by atoms with Crippen molar-refractivity contribution in [2.75, 3.05) is 25.6 Å². The zero-order valence-corrected chi connectivity index (χ0v) is 15.2. The maximum Gasteiger partial charge on any atom is 0.337 e. The van der Waals surface area contributed by atoms with Crippen LogP contribution in [0.2, 0.25) is 0 Å². The number of anilines is 1. The van der Waals surface area contributed by atoms with Crippen molar-refractivity contribution in [3.8, 4) is 11.5 Å². The number of nitrogens with one attached hydrogen (secondary N) is 1. The molecule has 0 unspecified atom stereocenters. The van der Waals surface area contributed by atoms with Crippen LogP contribution in [0.25, 0.3) is 0 Å². The summed E-state index contributed by atoms with van der Waals surface area (Å²) in [5.41, 5.74) is 1.22. The van der Waals surface area contributed by atoms with Gasteiger partial charge in [-0.15, -0.1) is 0 Å². The average Bonchev–Trinajstić information content (AvgIpc) is 2.70. The van der Waals surface area contributed by atoms with Crippen molar-refractivity contribution in [2.45, 2.75) is 13.3 Å². The Hall–Kier alpha value is -3.35. The molecule has 0 aromatic heterocycles. The number of amides is 1. The van der Waals surface area contributed by atoms with Crippen LogP contribution in [0.4, 0.5) is 5.69 Å². The smallest absolute Gasteiger partial charge is 0.337 e. The molecule has 2 rings (SSSR count). The third-order valence-corrected chi connectivity index (χ3v) is 3.53. The molecule has 1 amide bonds. The monoisotopic (exact) mass is 371 g/mol. The summed E-state index contributed by atoms with van der Waals surface area (Å²) in [5.74, 6) is -0.0219. The van der Waals surface area contributed by atoms with Gasteiger partial charge in [-0.3, -0.25) is 9.59 Å². The van der Waals surface area contributed by atoms with Crippen LogP contribution < -0.4 is 14.8 Å². The fourth-order valence-corrected chi connectivity index (χ4v) is 2.19. The topological polar surface area (TPSA) is 90.9 Å². The molecule has 0 radical (unpaired) electrons. The summed E-state index contributed by atoms with van der Waals surface area (Å²) in [6.07, 6.45) is 1.51. The molecule has 2 aromatic rings. The van der Waals surface area contributed by atoms with Crippen molar-refractivity contribution in [3.63, 3.8) is 0 Å². The third kappa shape index (κ3) is 5.85. The minimum atomic E-state index is -0.456.